The average molecular weight is 1400 g/mol. The Morgan fingerprint density at radius 3 is 0.836 bits per heavy atom. The number of rotatable bonds is 11. The molecule has 8 nitrogen and oxygen atoms in total. The minimum Gasteiger partial charge on any atom is -0.309 e. The van der Waals surface area contributed by atoms with Crippen LogP contribution in [0.3, 0.4) is 0 Å². The average Bonchev–Trinajstić information content (AvgIpc) is 1.56. The van der Waals surface area contributed by atoms with Gasteiger partial charge in [0, 0.05) is 99.2 Å². The zero-order valence-corrected chi connectivity index (χ0v) is 59.7. The molecule has 0 aliphatic rings. The molecular formula is C102H66N8. The molecule has 0 N–H and O–H groups in total. The third kappa shape index (κ3) is 11.0. The largest absolute Gasteiger partial charge is 0.309 e. The Morgan fingerprint density at radius 2 is 0.427 bits per heavy atom. The lowest BCUT2D eigenvalue weighted by Gasteiger charge is -2.12. The number of benzene rings is 16. The van der Waals surface area contributed by atoms with Gasteiger partial charge in [-0.25, -0.2) is 19.9 Å². The molecule has 0 fully saturated rings. The second-order valence-corrected chi connectivity index (χ2v) is 28.1. The van der Waals surface area contributed by atoms with Crippen molar-refractivity contribution in [2.24, 2.45) is 0 Å². The van der Waals surface area contributed by atoms with Crippen molar-refractivity contribution in [1.82, 2.24) is 38.2 Å². The van der Waals surface area contributed by atoms with E-state index in [0.29, 0.717) is 11.6 Å². The first-order valence-electron chi connectivity index (χ1n) is 37.3. The number of hydrogen-bond acceptors (Lipinski definition) is 4. The van der Waals surface area contributed by atoms with Crippen molar-refractivity contribution in [3.63, 3.8) is 0 Å². The van der Waals surface area contributed by atoms with E-state index < -0.39 is 0 Å². The number of nitrogens with zero attached hydrogens (tertiary/aromatic N) is 8. The molecule has 0 unspecified atom stereocenters. The number of fused-ring (bicyclic) bond motifs is 13. The molecule has 16 aromatic carbocycles. The van der Waals surface area contributed by atoms with Gasteiger partial charge in [0.15, 0.2) is 11.6 Å². The standard InChI is InChI=1S/C52H34N4.C50H32N4/c1-4-14-35(15-5-1)36-24-26-39(27-25-36)52-53-46(37-16-6-2-7-17-37)33-47(54-52)38-28-30-41(31-29-38)56-49-23-13-11-21-43(49)45-32-44-42-20-10-12-22-48(42)55(50(44)34-51(45)56)40-18-8-3-9-19-40;1-3-15-34(16-4-1)44-31-45(39-23-13-17-33-14-7-8-20-38(33)39)52-50(51-44)35-26-28-37(29-27-35)54-47-25-12-10-22-41(47)43-30-42-40-21-9-11-24-46(40)53(48(42)32-49(43)54)36-18-5-2-6-19-36/h1-34H;1-32H. The molecule has 110 heavy (non-hydrogen) atoms. The second kappa shape index (κ2) is 26.6. The van der Waals surface area contributed by atoms with E-state index in [0.717, 1.165) is 90.0 Å². The van der Waals surface area contributed by atoms with Crippen LogP contribution in [0.2, 0.25) is 0 Å². The fourth-order valence-electron chi connectivity index (χ4n) is 16.5. The molecule has 8 heteroatoms. The SMILES string of the molecule is c1ccc(-c2cc(-c3cccc4ccccc34)nc(-c3ccc(-n4c5ccccc5c5cc6c7ccccc7n(-c7ccccc7)c6cc54)cc3)n2)cc1.c1ccc(-c2ccc(-c3nc(-c4ccccc4)cc(-c4ccc(-n5c6ccccc6c6cc7c8ccccc8n(-c8ccccc8)c7cc65)cc4)n3)cc2)cc1. The van der Waals surface area contributed by atoms with Gasteiger partial charge in [-0.2, -0.15) is 0 Å². The van der Waals surface area contributed by atoms with Crippen LogP contribution in [-0.2, 0) is 0 Å². The Morgan fingerprint density at radius 1 is 0.155 bits per heavy atom. The molecule has 0 saturated carbocycles. The predicted molar refractivity (Wildman–Crippen MR) is 457 cm³/mol. The number of hydrogen-bond donors (Lipinski definition) is 0. The Labute approximate surface area is 634 Å². The quantitative estimate of drug-likeness (QED) is 0.129. The van der Waals surface area contributed by atoms with E-state index in [1.165, 1.54) is 98.0 Å². The van der Waals surface area contributed by atoms with Gasteiger partial charge in [0.05, 0.1) is 66.9 Å². The summed E-state index contributed by atoms with van der Waals surface area (Å²) in [6, 6.07) is 142. The lowest BCUT2D eigenvalue weighted by atomic mass is 10.0. The highest BCUT2D eigenvalue weighted by atomic mass is 15.0. The Hall–Kier alpha value is -14.9. The van der Waals surface area contributed by atoms with Gasteiger partial charge in [0.1, 0.15) is 0 Å². The van der Waals surface area contributed by atoms with Crippen molar-refractivity contribution < 1.29 is 0 Å². The zero-order valence-electron chi connectivity index (χ0n) is 59.7. The third-order valence-electron chi connectivity index (χ3n) is 21.7. The molecule has 6 heterocycles. The van der Waals surface area contributed by atoms with Gasteiger partial charge in [-0.15, -0.1) is 0 Å². The summed E-state index contributed by atoms with van der Waals surface area (Å²) in [7, 11) is 0. The van der Waals surface area contributed by atoms with E-state index in [4.69, 9.17) is 19.9 Å². The fourth-order valence-corrected chi connectivity index (χ4v) is 16.5. The summed E-state index contributed by atoms with van der Waals surface area (Å²) in [6.07, 6.45) is 0. The van der Waals surface area contributed by atoms with Crippen LogP contribution >= 0.6 is 0 Å². The smallest absolute Gasteiger partial charge is 0.160 e. The van der Waals surface area contributed by atoms with E-state index in [-0.39, 0.29) is 0 Å². The van der Waals surface area contributed by atoms with Crippen LogP contribution in [-0.4, -0.2) is 38.2 Å². The Balaban J connectivity index is 0.000000140. The monoisotopic (exact) mass is 1400 g/mol. The van der Waals surface area contributed by atoms with Gasteiger partial charge in [0.2, 0.25) is 0 Å². The summed E-state index contributed by atoms with van der Waals surface area (Å²) < 4.78 is 9.57. The van der Waals surface area contributed by atoms with Crippen LogP contribution in [0.15, 0.2) is 400 Å². The van der Waals surface area contributed by atoms with Crippen molar-refractivity contribution in [3.05, 3.63) is 400 Å². The van der Waals surface area contributed by atoms with E-state index in [2.05, 4.69) is 400 Å². The van der Waals surface area contributed by atoms with Gasteiger partial charge in [-0.1, -0.05) is 279 Å². The van der Waals surface area contributed by atoms with Crippen molar-refractivity contribution in [3.8, 4) is 102 Å². The van der Waals surface area contributed by atoms with Crippen molar-refractivity contribution in [2.45, 2.75) is 0 Å². The molecule has 22 aromatic rings. The lowest BCUT2D eigenvalue weighted by molar-refractivity contribution is 1.16. The molecule has 0 atom stereocenters. The normalized spacial score (nSPS) is 11.6. The molecule has 0 radical (unpaired) electrons. The molecule has 0 bridgehead atoms. The first kappa shape index (κ1) is 63.6. The third-order valence-corrected chi connectivity index (χ3v) is 21.7. The highest BCUT2D eigenvalue weighted by Gasteiger charge is 2.23. The van der Waals surface area contributed by atoms with Gasteiger partial charge in [-0.05, 0) is 143 Å². The highest BCUT2D eigenvalue weighted by Crippen LogP contribution is 2.44. The van der Waals surface area contributed by atoms with E-state index >= 15 is 0 Å². The van der Waals surface area contributed by atoms with Crippen LogP contribution in [0.5, 0.6) is 0 Å². The van der Waals surface area contributed by atoms with Gasteiger partial charge < -0.3 is 18.3 Å². The van der Waals surface area contributed by atoms with Crippen molar-refractivity contribution in [2.75, 3.05) is 0 Å². The summed E-state index contributed by atoms with van der Waals surface area (Å²) in [5.41, 5.74) is 26.0. The first-order valence-corrected chi connectivity index (χ1v) is 37.3. The Bertz CT molecular complexity index is 7260. The molecule has 22 rings (SSSR count). The minimum absolute atomic E-state index is 0.696. The second-order valence-electron chi connectivity index (χ2n) is 28.1. The van der Waals surface area contributed by atoms with Crippen LogP contribution in [0.4, 0.5) is 0 Å². The number of para-hydroxylation sites is 6. The Kier molecular flexibility index (Phi) is 15.4. The maximum Gasteiger partial charge on any atom is 0.160 e. The maximum atomic E-state index is 5.21. The zero-order chi connectivity index (χ0) is 72.6. The van der Waals surface area contributed by atoms with E-state index in [1.807, 2.05) is 18.2 Å². The molecule has 0 saturated heterocycles. The van der Waals surface area contributed by atoms with E-state index in [1.54, 1.807) is 0 Å². The van der Waals surface area contributed by atoms with Crippen LogP contribution in [0.1, 0.15) is 0 Å². The molecule has 6 aromatic heterocycles. The topological polar surface area (TPSA) is 71.3 Å². The predicted octanol–water partition coefficient (Wildman–Crippen LogP) is 26.2. The van der Waals surface area contributed by atoms with Crippen molar-refractivity contribution in [1.29, 1.82) is 0 Å². The molecule has 0 amide bonds. The van der Waals surface area contributed by atoms with E-state index in [9.17, 15) is 0 Å². The molecule has 0 spiro atoms. The maximum absolute atomic E-state index is 5.21. The van der Waals surface area contributed by atoms with Crippen LogP contribution < -0.4 is 0 Å². The summed E-state index contributed by atoms with van der Waals surface area (Å²) >= 11 is 0. The molecule has 0 aliphatic carbocycles. The molecule has 0 aliphatic heterocycles. The lowest BCUT2D eigenvalue weighted by Crippen LogP contribution is -1.98. The highest BCUT2D eigenvalue weighted by molar-refractivity contribution is 6.21. The van der Waals surface area contributed by atoms with Gasteiger partial charge in [-0.3, -0.25) is 0 Å². The summed E-state index contributed by atoms with van der Waals surface area (Å²) in [5, 5.41) is 12.3. The first-order chi connectivity index (χ1) is 54.5. The van der Waals surface area contributed by atoms with Crippen molar-refractivity contribution >= 4 is 98.0 Å². The summed E-state index contributed by atoms with van der Waals surface area (Å²) in [5.74, 6) is 1.40. The summed E-state index contributed by atoms with van der Waals surface area (Å²) in [6.45, 7) is 0. The molecule has 514 valence electrons. The number of aromatic nitrogens is 8. The van der Waals surface area contributed by atoms with Gasteiger partial charge >= 0.3 is 0 Å². The minimum atomic E-state index is 0.696. The fraction of sp³-hybridized carbons (Fsp3) is 0. The van der Waals surface area contributed by atoms with Crippen LogP contribution in [0.25, 0.3) is 200 Å². The van der Waals surface area contributed by atoms with Crippen LogP contribution in [0, 0.1) is 0 Å². The molecular weight excluding hydrogens is 1340 g/mol. The van der Waals surface area contributed by atoms with Gasteiger partial charge in [0.25, 0.3) is 0 Å². The summed E-state index contributed by atoms with van der Waals surface area (Å²) in [4.78, 5) is 20.6.